The van der Waals surface area contributed by atoms with Gasteiger partial charge in [-0.15, -0.1) is 0 Å². The van der Waals surface area contributed by atoms with E-state index in [0.717, 1.165) is 37.7 Å². The maximum absolute atomic E-state index is 13.4. The molecule has 0 spiro atoms. The zero-order valence-electron chi connectivity index (χ0n) is 13.7. The molecule has 2 N–H and O–H groups in total. The van der Waals surface area contributed by atoms with Crippen LogP contribution in [0.1, 0.15) is 61.6 Å². The number of aliphatic hydroxyl groups is 1. The number of rotatable bonds is 0. The van der Waals surface area contributed by atoms with Crippen molar-refractivity contribution in [3.63, 3.8) is 0 Å². The Morgan fingerprint density at radius 1 is 1.12 bits per heavy atom. The van der Waals surface area contributed by atoms with Gasteiger partial charge in [0.1, 0.15) is 11.3 Å². The van der Waals surface area contributed by atoms with E-state index in [9.17, 15) is 23.4 Å². The summed E-state index contributed by atoms with van der Waals surface area (Å²) in [6.45, 7) is 2.15. The van der Waals surface area contributed by atoms with Gasteiger partial charge in [0.2, 0.25) is 0 Å². The molecular weight excluding hydrogens is 317 g/mol. The number of hydrogen-bond donors (Lipinski definition) is 2. The summed E-state index contributed by atoms with van der Waals surface area (Å²) in [7, 11) is 0. The molecule has 0 saturated heterocycles. The Bertz CT molecular complexity index is 669. The molecule has 2 nitrogen and oxygen atoms in total. The van der Waals surface area contributed by atoms with Crippen molar-refractivity contribution >= 4 is 0 Å². The minimum atomic E-state index is -4.52. The highest BCUT2D eigenvalue weighted by atomic mass is 19.4. The second-order valence-electron chi connectivity index (χ2n) is 8.08. The van der Waals surface area contributed by atoms with Crippen LogP contribution in [-0.4, -0.2) is 16.3 Å². The highest BCUT2D eigenvalue weighted by molar-refractivity contribution is 5.49. The molecule has 5 atom stereocenters. The van der Waals surface area contributed by atoms with Gasteiger partial charge in [-0.05, 0) is 78.9 Å². The van der Waals surface area contributed by atoms with Crippen LogP contribution in [0.15, 0.2) is 12.1 Å². The molecule has 1 aromatic carbocycles. The van der Waals surface area contributed by atoms with E-state index in [1.165, 1.54) is 6.07 Å². The summed E-state index contributed by atoms with van der Waals surface area (Å²) in [4.78, 5) is 0. The Morgan fingerprint density at radius 3 is 2.58 bits per heavy atom. The maximum atomic E-state index is 13.4. The molecule has 0 aliphatic heterocycles. The van der Waals surface area contributed by atoms with E-state index in [4.69, 9.17) is 0 Å². The third kappa shape index (κ3) is 2.13. The van der Waals surface area contributed by atoms with Crippen LogP contribution in [0.25, 0.3) is 0 Å². The van der Waals surface area contributed by atoms with Gasteiger partial charge in [-0.1, -0.05) is 13.0 Å². The number of hydrogen-bond acceptors (Lipinski definition) is 2. The molecule has 24 heavy (non-hydrogen) atoms. The summed E-state index contributed by atoms with van der Waals surface area (Å²) < 4.78 is 40.2. The van der Waals surface area contributed by atoms with Crippen molar-refractivity contribution in [1.82, 2.24) is 0 Å². The molecule has 4 rings (SSSR count). The van der Waals surface area contributed by atoms with E-state index >= 15 is 0 Å². The van der Waals surface area contributed by atoms with Crippen LogP contribution in [0, 0.1) is 17.3 Å². The molecule has 1 aromatic rings. The molecule has 0 amide bonds. The first-order valence-electron chi connectivity index (χ1n) is 8.83. The maximum Gasteiger partial charge on any atom is 0.420 e. The summed E-state index contributed by atoms with van der Waals surface area (Å²) in [5, 5.41) is 20.1. The average Bonchev–Trinajstić information content (AvgIpc) is 2.81. The van der Waals surface area contributed by atoms with Gasteiger partial charge in [-0.3, -0.25) is 0 Å². The van der Waals surface area contributed by atoms with E-state index in [-0.39, 0.29) is 17.4 Å². The highest BCUT2D eigenvalue weighted by Crippen LogP contribution is 2.61. The van der Waals surface area contributed by atoms with Crippen molar-refractivity contribution in [2.75, 3.05) is 0 Å². The Balaban J connectivity index is 1.76. The van der Waals surface area contributed by atoms with E-state index < -0.39 is 17.5 Å². The molecular formula is C19H23F3O2. The molecule has 2 saturated carbocycles. The normalized spacial score (nSPS) is 38.4. The topological polar surface area (TPSA) is 40.5 Å². The minimum Gasteiger partial charge on any atom is -0.507 e. The smallest absolute Gasteiger partial charge is 0.420 e. The minimum absolute atomic E-state index is 0.0809. The summed E-state index contributed by atoms with van der Waals surface area (Å²) >= 11 is 0. The van der Waals surface area contributed by atoms with Crippen molar-refractivity contribution in [3.8, 4) is 5.75 Å². The zero-order chi connectivity index (χ0) is 17.3. The molecule has 2 fully saturated rings. The van der Waals surface area contributed by atoms with Crippen LogP contribution >= 0.6 is 0 Å². The quantitative estimate of drug-likeness (QED) is 0.723. The second-order valence-corrected chi connectivity index (χ2v) is 8.08. The largest absolute Gasteiger partial charge is 0.507 e. The zero-order valence-corrected chi connectivity index (χ0v) is 13.7. The van der Waals surface area contributed by atoms with Gasteiger partial charge < -0.3 is 10.2 Å². The second kappa shape index (κ2) is 5.13. The van der Waals surface area contributed by atoms with Gasteiger partial charge in [-0.25, -0.2) is 0 Å². The van der Waals surface area contributed by atoms with E-state index in [2.05, 4.69) is 6.92 Å². The van der Waals surface area contributed by atoms with Gasteiger partial charge in [0, 0.05) is 0 Å². The molecule has 0 aromatic heterocycles. The third-order valence-electron chi connectivity index (χ3n) is 7.12. The number of benzene rings is 1. The SMILES string of the molecule is C[C@]12CCC3c4ccc(O)c(C(F)(F)F)c4CCC3C1CC[C@@H]2O. The molecule has 132 valence electrons. The van der Waals surface area contributed by atoms with Crippen molar-refractivity contribution in [1.29, 1.82) is 0 Å². The summed E-state index contributed by atoms with van der Waals surface area (Å²) in [6, 6.07) is 2.91. The Morgan fingerprint density at radius 2 is 1.88 bits per heavy atom. The number of aromatic hydroxyl groups is 1. The van der Waals surface area contributed by atoms with Crippen LogP contribution in [0.5, 0.6) is 5.75 Å². The summed E-state index contributed by atoms with van der Waals surface area (Å²) in [5.74, 6) is 0.206. The highest BCUT2D eigenvalue weighted by Gasteiger charge is 2.55. The summed E-state index contributed by atoms with van der Waals surface area (Å²) in [5.41, 5.74) is 0.159. The predicted molar refractivity (Wildman–Crippen MR) is 83.7 cm³/mol. The molecule has 0 heterocycles. The molecule has 3 aliphatic rings. The number of aliphatic hydroxyl groups excluding tert-OH is 1. The monoisotopic (exact) mass is 340 g/mol. The molecule has 0 bridgehead atoms. The van der Waals surface area contributed by atoms with E-state index in [1.54, 1.807) is 6.07 Å². The van der Waals surface area contributed by atoms with Crippen molar-refractivity contribution in [3.05, 3.63) is 28.8 Å². The molecule has 3 aliphatic carbocycles. The summed E-state index contributed by atoms with van der Waals surface area (Å²) in [6.07, 6.45) is -0.255. The number of alkyl halides is 3. The van der Waals surface area contributed by atoms with Gasteiger partial charge in [0.15, 0.2) is 0 Å². The van der Waals surface area contributed by atoms with Crippen LogP contribution < -0.4 is 0 Å². The number of halogens is 3. The van der Waals surface area contributed by atoms with Crippen LogP contribution in [0.3, 0.4) is 0 Å². The van der Waals surface area contributed by atoms with Crippen LogP contribution in [0.4, 0.5) is 13.2 Å². The van der Waals surface area contributed by atoms with E-state index in [0.29, 0.717) is 23.8 Å². The lowest BCUT2D eigenvalue weighted by Crippen LogP contribution is -2.44. The lowest BCUT2D eigenvalue weighted by atomic mass is 9.55. The van der Waals surface area contributed by atoms with Crippen LogP contribution in [0.2, 0.25) is 0 Å². The third-order valence-corrected chi connectivity index (χ3v) is 7.12. The van der Waals surface area contributed by atoms with Crippen molar-refractivity contribution < 1.29 is 23.4 Å². The lowest BCUT2D eigenvalue weighted by molar-refractivity contribution is -0.139. The number of fused-ring (bicyclic) bond motifs is 5. The number of phenols is 1. The average molecular weight is 340 g/mol. The van der Waals surface area contributed by atoms with Gasteiger partial charge >= 0.3 is 6.18 Å². The molecule has 0 radical (unpaired) electrons. The van der Waals surface area contributed by atoms with Gasteiger partial charge in [0.05, 0.1) is 6.10 Å². The Hall–Kier alpha value is -1.23. The van der Waals surface area contributed by atoms with Gasteiger partial charge in [0.25, 0.3) is 0 Å². The predicted octanol–water partition coefficient (Wildman–Crippen LogP) is 4.63. The van der Waals surface area contributed by atoms with E-state index in [1.807, 2.05) is 0 Å². The molecule has 5 heteroatoms. The molecule has 3 unspecified atom stereocenters. The fourth-order valence-corrected chi connectivity index (χ4v) is 5.94. The first-order chi connectivity index (χ1) is 11.2. The van der Waals surface area contributed by atoms with Crippen molar-refractivity contribution in [2.24, 2.45) is 17.3 Å². The fraction of sp³-hybridized carbons (Fsp3) is 0.684. The first-order valence-corrected chi connectivity index (χ1v) is 8.83. The lowest BCUT2D eigenvalue weighted by Gasteiger charge is -2.50. The van der Waals surface area contributed by atoms with Crippen LogP contribution in [-0.2, 0) is 12.6 Å². The standard InChI is InChI=1S/C19H23F3O2/c1-18-9-8-11-10-4-6-15(23)17(19(20,21)22)13(10)3-2-12(11)14(18)5-7-16(18)24/h4,6,11-12,14,16,23-24H,2-3,5,7-9H2,1H3/t11?,12?,14?,16-,18-/m0/s1. The first kappa shape index (κ1) is 16.2. The fourth-order valence-electron chi connectivity index (χ4n) is 5.94. The number of phenolic OH excluding ortho intramolecular Hbond substituents is 1. The Labute approximate surface area is 139 Å². The Kier molecular flexibility index (Phi) is 3.48. The van der Waals surface area contributed by atoms with Gasteiger partial charge in [-0.2, -0.15) is 13.2 Å². The van der Waals surface area contributed by atoms with Crippen molar-refractivity contribution in [2.45, 2.75) is 63.6 Å².